The summed E-state index contributed by atoms with van der Waals surface area (Å²) in [5, 5.41) is 0. The average Bonchev–Trinajstić information content (AvgIpc) is 3.09. The molecule has 1 saturated heterocycles. The molecule has 3 heterocycles. The van der Waals surface area contributed by atoms with Crippen LogP contribution < -0.4 is 4.90 Å². The van der Waals surface area contributed by atoms with Gasteiger partial charge in [-0.3, -0.25) is 9.69 Å². The quantitative estimate of drug-likeness (QED) is 0.706. The fourth-order valence-electron chi connectivity index (χ4n) is 4.27. The molecule has 0 saturated carbocycles. The van der Waals surface area contributed by atoms with Gasteiger partial charge < -0.3 is 0 Å². The van der Waals surface area contributed by atoms with Crippen LogP contribution in [0.2, 0.25) is 0 Å². The fourth-order valence-corrected chi connectivity index (χ4v) is 5.40. The zero-order chi connectivity index (χ0) is 21.3. The highest BCUT2D eigenvalue weighted by Gasteiger charge is 2.34. The topological polar surface area (TPSA) is 83.5 Å². The van der Waals surface area contributed by atoms with E-state index in [0.717, 1.165) is 29.3 Å². The van der Waals surface area contributed by atoms with Crippen molar-refractivity contribution >= 4 is 21.7 Å². The van der Waals surface area contributed by atoms with Crippen molar-refractivity contribution in [3.63, 3.8) is 0 Å². The van der Waals surface area contributed by atoms with Crippen LogP contribution in [-0.2, 0) is 27.7 Å². The number of piperidine rings is 1. The van der Waals surface area contributed by atoms with Gasteiger partial charge in [-0.1, -0.05) is 30.3 Å². The minimum Gasteiger partial charge on any atom is -0.296 e. The average molecular weight is 429 g/mol. The molecule has 1 aromatic carbocycles. The van der Waals surface area contributed by atoms with E-state index in [2.05, 4.69) is 12.1 Å². The summed E-state index contributed by atoms with van der Waals surface area (Å²) in [6.07, 6.45) is 2.53. The largest absolute Gasteiger partial charge is 0.296 e. The lowest BCUT2D eigenvalue weighted by Crippen LogP contribution is -2.39. The lowest BCUT2D eigenvalue weighted by molar-refractivity contribution is -0.117. The molecule has 0 spiro atoms. The molecule has 0 unspecified atom stereocenters. The Kier molecular flexibility index (Phi) is 5.88. The first-order chi connectivity index (χ1) is 14.4. The fraction of sp³-hybridized carbons (Fsp3) is 0.500. The molecule has 0 atom stereocenters. The van der Waals surface area contributed by atoms with E-state index in [9.17, 15) is 13.2 Å². The monoisotopic (exact) mass is 428 g/mol. The Balaban J connectivity index is 1.52. The Hall–Kier alpha value is -2.32. The van der Waals surface area contributed by atoms with Crippen LogP contribution in [0, 0.1) is 6.92 Å². The highest BCUT2D eigenvalue weighted by molar-refractivity contribution is 7.89. The number of sulfonamides is 1. The van der Waals surface area contributed by atoms with Crippen LogP contribution in [0.5, 0.6) is 0 Å². The third-order valence-electron chi connectivity index (χ3n) is 6.14. The molecule has 2 aliphatic heterocycles. The van der Waals surface area contributed by atoms with E-state index >= 15 is 0 Å². The number of aryl methyl sites for hydroxylation is 1. The van der Waals surface area contributed by atoms with Crippen molar-refractivity contribution in [2.24, 2.45) is 0 Å². The lowest BCUT2D eigenvalue weighted by atomic mass is 9.97. The normalized spacial score (nSPS) is 18.1. The molecule has 1 amide bonds. The van der Waals surface area contributed by atoms with Crippen LogP contribution in [0.15, 0.2) is 30.3 Å². The van der Waals surface area contributed by atoms with Gasteiger partial charge >= 0.3 is 0 Å². The molecule has 7 nitrogen and oxygen atoms in total. The summed E-state index contributed by atoms with van der Waals surface area (Å²) in [4.78, 5) is 24.0. The van der Waals surface area contributed by atoms with E-state index < -0.39 is 10.0 Å². The van der Waals surface area contributed by atoms with Crippen molar-refractivity contribution in [1.82, 2.24) is 14.3 Å². The van der Waals surface area contributed by atoms with E-state index in [1.807, 2.05) is 25.1 Å². The number of carbonyl (C=O) groups excluding carboxylic acids is 1. The Morgan fingerprint density at radius 2 is 1.80 bits per heavy atom. The Morgan fingerprint density at radius 1 is 1.10 bits per heavy atom. The number of hydrogen-bond acceptors (Lipinski definition) is 5. The zero-order valence-corrected chi connectivity index (χ0v) is 18.4. The summed E-state index contributed by atoms with van der Waals surface area (Å²) in [6, 6.07) is 10.1. The van der Waals surface area contributed by atoms with Crippen molar-refractivity contribution in [2.45, 2.75) is 45.4 Å². The summed E-state index contributed by atoms with van der Waals surface area (Å²) >= 11 is 0. The van der Waals surface area contributed by atoms with Gasteiger partial charge in [0.25, 0.3) is 0 Å². The third-order valence-corrected chi connectivity index (χ3v) is 8.02. The Labute approximate surface area is 178 Å². The second-order valence-electron chi connectivity index (χ2n) is 8.00. The molecule has 0 N–H and O–H groups in total. The second kappa shape index (κ2) is 8.43. The second-order valence-corrected chi connectivity index (χ2v) is 10.3. The molecule has 160 valence electrons. The van der Waals surface area contributed by atoms with Gasteiger partial charge in [0.15, 0.2) is 0 Å². The van der Waals surface area contributed by atoms with Crippen molar-refractivity contribution < 1.29 is 13.2 Å². The maximum Gasteiger partial charge on any atom is 0.232 e. The van der Waals surface area contributed by atoms with Crippen molar-refractivity contribution in [1.29, 1.82) is 0 Å². The van der Waals surface area contributed by atoms with Gasteiger partial charge in [0, 0.05) is 36.8 Å². The molecule has 2 aliphatic rings. The van der Waals surface area contributed by atoms with Gasteiger partial charge in [0.1, 0.15) is 11.6 Å². The molecule has 1 fully saturated rings. The number of hydrogen-bond donors (Lipinski definition) is 0. The Morgan fingerprint density at radius 3 is 2.47 bits per heavy atom. The summed E-state index contributed by atoms with van der Waals surface area (Å²) in [7, 11) is -3.15. The SMILES string of the molecule is CCS(=O)(=O)N1CCC(c2nc(C)c3c(n2)N(CCc2ccccc2)C(=O)C3)CC1. The van der Waals surface area contributed by atoms with Gasteiger partial charge in [-0.2, -0.15) is 0 Å². The van der Waals surface area contributed by atoms with E-state index in [1.165, 1.54) is 5.56 Å². The summed E-state index contributed by atoms with van der Waals surface area (Å²) in [6.45, 7) is 5.21. The highest BCUT2D eigenvalue weighted by Crippen LogP contribution is 2.33. The van der Waals surface area contributed by atoms with Crippen molar-refractivity contribution in [3.05, 3.63) is 53.0 Å². The maximum atomic E-state index is 12.7. The number of amides is 1. The number of carbonyl (C=O) groups is 1. The smallest absolute Gasteiger partial charge is 0.232 e. The molecule has 0 bridgehead atoms. The molecule has 1 aromatic heterocycles. The van der Waals surface area contributed by atoms with Crippen LogP contribution in [0.4, 0.5) is 5.82 Å². The number of anilines is 1. The molecule has 8 heteroatoms. The number of aromatic nitrogens is 2. The predicted molar refractivity (Wildman–Crippen MR) is 116 cm³/mol. The van der Waals surface area contributed by atoms with Crippen LogP contribution >= 0.6 is 0 Å². The Bertz CT molecular complexity index is 1030. The van der Waals surface area contributed by atoms with Gasteiger partial charge in [-0.05, 0) is 38.7 Å². The van der Waals surface area contributed by atoms with Crippen LogP contribution in [0.3, 0.4) is 0 Å². The van der Waals surface area contributed by atoms with Crippen molar-refractivity contribution in [2.75, 3.05) is 30.3 Å². The lowest BCUT2D eigenvalue weighted by Gasteiger charge is -2.30. The number of benzene rings is 1. The van der Waals surface area contributed by atoms with E-state index in [-0.39, 0.29) is 17.6 Å². The zero-order valence-electron chi connectivity index (χ0n) is 17.5. The van der Waals surface area contributed by atoms with E-state index in [4.69, 9.17) is 9.97 Å². The number of rotatable bonds is 6. The molecule has 2 aromatic rings. The van der Waals surface area contributed by atoms with Gasteiger partial charge in [0.2, 0.25) is 15.9 Å². The van der Waals surface area contributed by atoms with Gasteiger partial charge in [-0.25, -0.2) is 22.7 Å². The molecule has 30 heavy (non-hydrogen) atoms. The first-order valence-corrected chi connectivity index (χ1v) is 12.2. The first-order valence-electron chi connectivity index (χ1n) is 10.6. The van der Waals surface area contributed by atoms with Gasteiger partial charge in [-0.15, -0.1) is 0 Å². The predicted octanol–water partition coefficient (Wildman–Crippen LogP) is 2.45. The third kappa shape index (κ3) is 4.11. The molecule has 4 rings (SSSR count). The van der Waals surface area contributed by atoms with Crippen LogP contribution in [-0.4, -0.2) is 54.0 Å². The summed E-state index contributed by atoms with van der Waals surface area (Å²) < 4.78 is 25.8. The van der Waals surface area contributed by atoms with E-state index in [1.54, 1.807) is 16.1 Å². The van der Waals surface area contributed by atoms with Gasteiger partial charge in [0.05, 0.1) is 12.2 Å². The first kappa shape index (κ1) is 20.9. The summed E-state index contributed by atoms with van der Waals surface area (Å²) in [5.41, 5.74) is 2.96. The number of fused-ring (bicyclic) bond motifs is 1. The number of nitrogens with zero attached hydrogens (tertiary/aromatic N) is 4. The van der Waals surface area contributed by atoms with Crippen molar-refractivity contribution in [3.8, 4) is 0 Å². The molecule has 0 radical (unpaired) electrons. The minimum atomic E-state index is -3.15. The standard InChI is InChI=1S/C22H28N4O3S/c1-3-30(28,29)25-12-10-18(11-13-25)21-23-16(2)19-15-20(27)26(22(19)24-21)14-9-17-7-5-4-6-8-17/h4-8,18H,3,9-15H2,1-2H3. The molecule has 0 aliphatic carbocycles. The summed E-state index contributed by atoms with van der Waals surface area (Å²) in [5.74, 6) is 1.79. The molecular formula is C22H28N4O3S. The highest BCUT2D eigenvalue weighted by atomic mass is 32.2. The molecular weight excluding hydrogens is 400 g/mol. The minimum absolute atomic E-state index is 0.0688. The van der Waals surface area contributed by atoms with Crippen LogP contribution in [0.25, 0.3) is 0 Å². The van der Waals surface area contributed by atoms with E-state index in [0.29, 0.717) is 38.9 Å². The maximum absolute atomic E-state index is 12.7. The van der Waals surface area contributed by atoms with Crippen LogP contribution in [0.1, 0.15) is 48.3 Å².